The molecule has 12 heteroatoms. The molecular formula is C75H77BrK2MgO8. The molecule has 9 rings (SSSR count). The molecule has 0 bridgehead atoms. The summed E-state index contributed by atoms with van der Waals surface area (Å²) in [6.07, 6.45) is 0.656. The van der Waals surface area contributed by atoms with E-state index in [1.54, 1.807) is 20.8 Å². The molecular weight excluding hydrogens is 1210 g/mol. The number of esters is 1. The van der Waals surface area contributed by atoms with Gasteiger partial charge in [0.2, 0.25) is 0 Å². The summed E-state index contributed by atoms with van der Waals surface area (Å²) in [7, 11) is 0. The van der Waals surface area contributed by atoms with Crippen LogP contribution in [-0.2, 0) is 19.0 Å². The van der Waals surface area contributed by atoms with E-state index in [2.05, 4.69) is 82.3 Å². The number of hydrogen-bond acceptors (Lipinski definition) is 8. The van der Waals surface area contributed by atoms with Gasteiger partial charge in [-0.05, 0) is 83.7 Å². The summed E-state index contributed by atoms with van der Waals surface area (Å²) in [5, 5.41) is 12.5. The van der Waals surface area contributed by atoms with Gasteiger partial charge in [-0.1, -0.05) is 271 Å². The third-order valence-electron chi connectivity index (χ3n) is 12.7. The van der Waals surface area contributed by atoms with Crippen LogP contribution in [0.2, 0.25) is 0 Å². The normalized spacial score (nSPS) is 10.3. The van der Waals surface area contributed by atoms with E-state index in [1.165, 1.54) is 17.2 Å². The molecule has 0 aliphatic rings. The number of Topliss-reactive ketones (excluding diaryl/α,β-unsaturated/α-hetero) is 1. The molecule has 0 fully saturated rings. The molecule has 0 atom stereocenters. The average Bonchev–Trinajstić information content (AvgIpc) is 2.75. The van der Waals surface area contributed by atoms with Crippen molar-refractivity contribution in [3.8, 4) is 66.8 Å². The van der Waals surface area contributed by atoms with E-state index in [4.69, 9.17) is 4.74 Å². The van der Waals surface area contributed by atoms with Crippen molar-refractivity contribution < 1.29 is 160 Å². The second kappa shape index (κ2) is 42.2. The quantitative estimate of drug-likeness (QED) is 0.0297. The molecule has 0 unspecified atom stereocenters. The van der Waals surface area contributed by atoms with Crippen LogP contribution in [0.4, 0.5) is 4.79 Å². The summed E-state index contributed by atoms with van der Waals surface area (Å²) < 4.78 is 14.2. The molecule has 0 saturated carbocycles. The van der Waals surface area contributed by atoms with Gasteiger partial charge >= 0.3 is 138 Å². The molecule has 0 radical (unpaired) electrons. The first kappa shape index (κ1) is 80.1. The summed E-state index contributed by atoms with van der Waals surface area (Å²) >= 11 is 0. The van der Waals surface area contributed by atoms with E-state index >= 15 is 0 Å². The molecule has 0 amide bonds. The Labute approximate surface area is 630 Å². The van der Waals surface area contributed by atoms with Crippen LogP contribution in [-0.4, -0.2) is 66.6 Å². The van der Waals surface area contributed by atoms with Crippen molar-refractivity contribution in [1.82, 2.24) is 0 Å². The number of carbonyl (C=O) groups excluding carboxylic acids is 4. The Morgan fingerprint density at radius 2 is 0.678 bits per heavy atom. The Morgan fingerprint density at radius 3 is 0.943 bits per heavy atom. The zero-order chi connectivity index (χ0) is 60.2. The summed E-state index contributed by atoms with van der Waals surface area (Å²) in [5.74, 6) is -0.471. The number of rotatable bonds is 12. The van der Waals surface area contributed by atoms with Crippen molar-refractivity contribution in [2.75, 3.05) is 19.8 Å². The second-order valence-corrected chi connectivity index (χ2v) is 20.9. The molecule has 0 aliphatic carbocycles. The molecule has 0 N–H and O–H groups in total. The molecule has 8 nitrogen and oxygen atoms in total. The zero-order valence-electron chi connectivity index (χ0n) is 53.6. The van der Waals surface area contributed by atoms with Crippen LogP contribution in [0.5, 0.6) is 0 Å². The van der Waals surface area contributed by atoms with E-state index in [0.717, 1.165) is 55.6 Å². The fraction of sp³-hybridized carbons (Fsp3) is 0.200. The smallest absolute Gasteiger partial charge is 1.00 e. The third kappa shape index (κ3) is 26.6. The maximum absolute atomic E-state index is 13.2. The number of hydrogen-bond donors (Lipinski definition) is 0. The number of halogens is 1. The summed E-state index contributed by atoms with van der Waals surface area (Å²) in [6, 6.07) is 81.7. The van der Waals surface area contributed by atoms with Crippen LogP contribution >= 0.6 is 0 Å². The van der Waals surface area contributed by atoms with Gasteiger partial charge in [-0.3, -0.25) is 9.59 Å². The maximum atomic E-state index is 13.2. The van der Waals surface area contributed by atoms with Crippen LogP contribution in [0.1, 0.15) is 91.4 Å². The molecule has 436 valence electrons. The van der Waals surface area contributed by atoms with Crippen molar-refractivity contribution in [2.24, 2.45) is 10.8 Å². The van der Waals surface area contributed by atoms with Crippen molar-refractivity contribution in [3.63, 3.8) is 0 Å². The Balaban J connectivity index is 0.00000114. The van der Waals surface area contributed by atoms with E-state index in [0.29, 0.717) is 30.9 Å². The fourth-order valence-corrected chi connectivity index (χ4v) is 7.95. The number of allylic oxidation sites excluding steroid dienone is 2. The van der Waals surface area contributed by atoms with Gasteiger partial charge in [-0.15, -0.1) is 41.2 Å². The molecule has 0 spiro atoms. The summed E-state index contributed by atoms with van der Waals surface area (Å²) in [4.78, 5) is 46.5. The topological polar surface area (TPSA) is 119 Å². The molecule has 0 saturated heterocycles. The minimum Gasteiger partial charge on any atom is -1.00 e. The van der Waals surface area contributed by atoms with Gasteiger partial charge < -0.3 is 37.7 Å². The first-order chi connectivity index (χ1) is 39.9. The van der Waals surface area contributed by atoms with Gasteiger partial charge in [-0.25, -0.2) is 9.59 Å². The van der Waals surface area contributed by atoms with Crippen LogP contribution in [0.3, 0.4) is 0 Å². The summed E-state index contributed by atoms with van der Waals surface area (Å²) in [6.45, 7) is 19.2. The maximum Gasteiger partial charge on any atom is 2.00 e. The van der Waals surface area contributed by atoms with Crippen LogP contribution in [0, 0.1) is 16.9 Å². The largest absolute Gasteiger partial charge is 2.00 e. The minimum atomic E-state index is -0.593. The first-order valence-corrected chi connectivity index (χ1v) is 27.9. The van der Waals surface area contributed by atoms with Gasteiger partial charge in [-0.2, -0.15) is 0 Å². The molecule has 0 aliphatic heterocycles. The second-order valence-electron chi connectivity index (χ2n) is 20.9. The van der Waals surface area contributed by atoms with E-state index in [1.807, 2.05) is 218 Å². The fourth-order valence-electron chi connectivity index (χ4n) is 7.95. The predicted octanol–water partition coefficient (Wildman–Crippen LogP) is 9.06. The van der Waals surface area contributed by atoms with Crippen molar-refractivity contribution >= 4 is 46.7 Å². The molecule has 9 aromatic carbocycles. The molecule has 0 heterocycles. The van der Waals surface area contributed by atoms with Gasteiger partial charge in [0.25, 0.3) is 0 Å². The molecule has 87 heavy (non-hydrogen) atoms. The third-order valence-corrected chi connectivity index (χ3v) is 12.7. The average molecular weight is 1290 g/mol. The Hall–Kier alpha value is -4.88. The Morgan fingerprint density at radius 1 is 0.414 bits per heavy atom. The minimum absolute atomic E-state index is 0. The molecule has 0 aromatic heterocycles. The number of ketones is 2. The van der Waals surface area contributed by atoms with Crippen LogP contribution in [0.15, 0.2) is 248 Å². The van der Waals surface area contributed by atoms with Crippen LogP contribution in [0.25, 0.3) is 66.8 Å². The van der Waals surface area contributed by atoms with E-state index in [-0.39, 0.29) is 173 Å². The first-order valence-electron chi connectivity index (χ1n) is 27.9. The van der Waals surface area contributed by atoms with E-state index < -0.39 is 11.6 Å². The van der Waals surface area contributed by atoms with E-state index in [9.17, 15) is 24.3 Å². The van der Waals surface area contributed by atoms with Crippen molar-refractivity contribution in [3.05, 3.63) is 266 Å². The molecule has 9 aromatic rings. The zero-order valence-corrected chi connectivity index (χ0v) is 61.8. The number of ether oxygens (including phenoxy) is 3. The standard InChI is InChI=1S/C25H24O2.C21H18O2.C18H13.C6H12O.C5H10O3.BrH.2K.Mg.H/c1-25(2,3)23(27)17-22(26)24-20(18-11-6-4-7-12-18)15-10-16-21(24)19-13-8-5-9-14-19;1-2-23-21(22)20-18(16-10-5-3-6-11-16)14-9-15-19(20)17-12-7-4-8-13-17;1-3-8-15(9-4-1)17-12-7-13-18(14-17)16-10-5-2-6-11-16;1-5(7)6(2,3)4;1-3-7-5(6)8-4-2;;;;;/h4-17,27H,1-3H3;3-15H,2H2,1H3;1-13H;1-4H3;3-4H2,1-2H3;1H;;;;/q;;-1;;;;2*+1;+2;-1/p-2/b23-17-;;;;;;;;;. The predicted molar refractivity (Wildman–Crippen MR) is 344 cm³/mol. The number of benzene rings is 9. The monoisotopic (exact) mass is 1290 g/mol. The van der Waals surface area contributed by atoms with Gasteiger partial charge in [0, 0.05) is 11.0 Å². The van der Waals surface area contributed by atoms with Gasteiger partial charge in [0.15, 0.2) is 5.78 Å². The Bertz CT molecular complexity index is 3310. The SMILES string of the molecule is CC(=O)C(C)(C)C.CC(C)(C)/C([O-])=C/C(=O)c1c(-c2ccccc2)cccc1-c1ccccc1.CCOC(=O)OCC.CCOC(=O)c1c(-c2ccccc2)cccc1-c1ccccc1.[Br-].[H-].[K+].[K+].[Mg+2].[c-]1c(-c2ccccc2)cccc1-c1ccccc1. The van der Waals surface area contributed by atoms with Gasteiger partial charge in [0.1, 0.15) is 5.78 Å². The van der Waals surface area contributed by atoms with Crippen molar-refractivity contribution in [1.29, 1.82) is 0 Å². The Kier molecular flexibility index (Phi) is 38.8. The summed E-state index contributed by atoms with van der Waals surface area (Å²) in [5.41, 5.74) is 12.5. The number of carbonyl (C=O) groups is 4. The van der Waals surface area contributed by atoms with Crippen LogP contribution < -0.4 is 125 Å². The van der Waals surface area contributed by atoms with Crippen molar-refractivity contribution in [2.45, 2.75) is 69.2 Å². The van der Waals surface area contributed by atoms with Gasteiger partial charge in [0.05, 0.1) is 25.4 Å².